The third-order valence-corrected chi connectivity index (χ3v) is 5.67. The van der Waals surface area contributed by atoms with Crippen LogP contribution in [0.15, 0.2) is 41.3 Å². The molecule has 0 saturated carbocycles. The van der Waals surface area contributed by atoms with Gasteiger partial charge in [0.15, 0.2) is 0 Å². The molecule has 4 nitrogen and oxygen atoms in total. The summed E-state index contributed by atoms with van der Waals surface area (Å²) < 4.78 is 26.6. The van der Waals surface area contributed by atoms with Gasteiger partial charge in [0.25, 0.3) is 0 Å². The predicted octanol–water partition coefficient (Wildman–Crippen LogP) is 2.41. The van der Waals surface area contributed by atoms with Crippen molar-refractivity contribution >= 4 is 38.2 Å². The molecule has 0 spiro atoms. The lowest BCUT2D eigenvalue weighted by Gasteiger charge is -2.18. The van der Waals surface area contributed by atoms with Crippen LogP contribution in [0.5, 0.6) is 0 Å². The van der Waals surface area contributed by atoms with Crippen LogP contribution >= 0.6 is 11.8 Å². The van der Waals surface area contributed by atoms with Crippen molar-refractivity contribution in [2.45, 2.75) is 4.90 Å². The Morgan fingerprint density at radius 3 is 2.70 bits per heavy atom. The molecule has 0 aromatic heterocycles. The van der Waals surface area contributed by atoms with Crippen LogP contribution in [0, 0.1) is 0 Å². The minimum absolute atomic E-state index is 0.332. The first-order chi connectivity index (χ1) is 9.46. The summed E-state index contributed by atoms with van der Waals surface area (Å²) in [6, 6.07) is 10.5. The van der Waals surface area contributed by atoms with Gasteiger partial charge in [0.05, 0.1) is 4.90 Å². The van der Waals surface area contributed by atoms with E-state index >= 15 is 0 Å². The van der Waals surface area contributed by atoms with Gasteiger partial charge in [-0.25, -0.2) is 12.7 Å². The number of thioether (sulfide) groups is 1. The highest BCUT2D eigenvalue weighted by Gasteiger charge is 2.22. The van der Waals surface area contributed by atoms with E-state index in [0.717, 1.165) is 11.1 Å². The average molecular weight is 310 g/mol. The standard InChI is InChI=1S/C14H18N2O2S2/c1-16(8-9-19-2)20(17,18)14-5-3-4-11-10-12(15)6-7-13(11)14/h3-7,10H,8-9,15H2,1-2H3. The summed E-state index contributed by atoms with van der Waals surface area (Å²) in [5, 5.41) is 1.54. The monoisotopic (exact) mass is 310 g/mol. The molecule has 0 unspecified atom stereocenters. The maximum Gasteiger partial charge on any atom is 0.243 e. The topological polar surface area (TPSA) is 63.4 Å². The van der Waals surface area contributed by atoms with Crippen LogP contribution in [0.4, 0.5) is 5.69 Å². The number of anilines is 1. The Bertz CT molecular complexity index is 714. The third kappa shape index (κ3) is 2.92. The summed E-state index contributed by atoms with van der Waals surface area (Å²) in [6.45, 7) is 0.495. The lowest BCUT2D eigenvalue weighted by Crippen LogP contribution is -2.29. The second-order valence-corrected chi connectivity index (χ2v) is 7.56. The molecular formula is C14H18N2O2S2. The van der Waals surface area contributed by atoms with Crippen LogP contribution in [0.3, 0.4) is 0 Å². The summed E-state index contributed by atoms with van der Waals surface area (Å²) in [6.07, 6.45) is 1.96. The smallest absolute Gasteiger partial charge is 0.243 e. The Balaban J connectivity index is 2.52. The summed E-state index contributed by atoms with van der Waals surface area (Å²) in [5.41, 5.74) is 6.37. The maximum atomic E-state index is 12.6. The quantitative estimate of drug-likeness (QED) is 0.861. The van der Waals surface area contributed by atoms with Crippen molar-refractivity contribution in [1.29, 1.82) is 0 Å². The molecule has 0 fully saturated rings. The molecule has 2 aromatic carbocycles. The molecule has 0 aliphatic carbocycles. The molecular weight excluding hydrogens is 292 g/mol. The Morgan fingerprint density at radius 1 is 1.25 bits per heavy atom. The van der Waals surface area contributed by atoms with Crippen molar-refractivity contribution in [2.24, 2.45) is 0 Å². The van der Waals surface area contributed by atoms with E-state index in [1.165, 1.54) is 4.31 Å². The van der Waals surface area contributed by atoms with Gasteiger partial charge >= 0.3 is 0 Å². The first kappa shape index (κ1) is 15.2. The highest BCUT2D eigenvalue weighted by Crippen LogP contribution is 2.26. The molecule has 2 N–H and O–H groups in total. The summed E-state index contributed by atoms with van der Waals surface area (Å²) in [4.78, 5) is 0.332. The zero-order valence-corrected chi connectivity index (χ0v) is 13.2. The zero-order valence-electron chi connectivity index (χ0n) is 11.5. The molecule has 108 valence electrons. The number of nitrogens with two attached hydrogens (primary N) is 1. The van der Waals surface area contributed by atoms with E-state index in [1.807, 2.05) is 12.3 Å². The number of nitrogen functional groups attached to an aromatic ring is 1. The predicted molar refractivity (Wildman–Crippen MR) is 86.6 cm³/mol. The van der Waals surface area contributed by atoms with Crippen molar-refractivity contribution < 1.29 is 8.42 Å². The molecule has 0 bridgehead atoms. The van der Waals surface area contributed by atoms with Gasteiger partial charge in [-0.2, -0.15) is 11.8 Å². The Hall–Kier alpha value is -1.24. The average Bonchev–Trinajstić information content (AvgIpc) is 2.43. The van der Waals surface area contributed by atoms with E-state index in [9.17, 15) is 8.42 Å². The van der Waals surface area contributed by atoms with Gasteiger partial charge < -0.3 is 5.73 Å². The van der Waals surface area contributed by atoms with Crippen molar-refractivity contribution in [3.63, 3.8) is 0 Å². The van der Waals surface area contributed by atoms with Gasteiger partial charge in [0.2, 0.25) is 10.0 Å². The normalized spacial score (nSPS) is 12.2. The number of sulfonamides is 1. The molecule has 2 aromatic rings. The zero-order chi connectivity index (χ0) is 14.8. The van der Waals surface area contributed by atoms with E-state index < -0.39 is 10.0 Å². The number of hydrogen-bond acceptors (Lipinski definition) is 4. The Morgan fingerprint density at radius 2 is 2.00 bits per heavy atom. The van der Waals surface area contributed by atoms with Crippen LogP contribution in [0.1, 0.15) is 0 Å². The number of rotatable bonds is 5. The van der Waals surface area contributed by atoms with E-state index in [-0.39, 0.29) is 0 Å². The SMILES string of the molecule is CSCCN(C)S(=O)(=O)c1cccc2cc(N)ccc12. The van der Waals surface area contributed by atoms with Gasteiger partial charge in [-0.1, -0.05) is 18.2 Å². The van der Waals surface area contributed by atoms with Crippen LogP contribution in [0.25, 0.3) is 10.8 Å². The summed E-state index contributed by atoms with van der Waals surface area (Å²) in [7, 11) is -1.86. The van der Waals surface area contributed by atoms with Gasteiger partial charge in [0.1, 0.15) is 0 Å². The van der Waals surface area contributed by atoms with Gasteiger partial charge in [-0.3, -0.25) is 0 Å². The largest absolute Gasteiger partial charge is 0.399 e. The van der Waals surface area contributed by atoms with Gasteiger partial charge in [-0.15, -0.1) is 0 Å². The minimum atomic E-state index is -3.47. The highest BCUT2D eigenvalue weighted by molar-refractivity contribution is 7.98. The number of hydrogen-bond donors (Lipinski definition) is 1. The molecule has 2 rings (SSSR count). The fourth-order valence-corrected chi connectivity index (χ4v) is 3.96. The fraction of sp³-hybridized carbons (Fsp3) is 0.286. The number of fused-ring (bicyclic) bond motifs is 1. The molecule has 0 saturated heterocycles. The Labute approximate surface area is 124 Å². The molecule has 0 amide bonds. The third-order valence-electron chi connectivity index (χ3n) is 3.16. The Kier molecular flexibility index (Phi) is 4.57. The van der Waals surface area contributed by atoms with Crippen molar-refractivity contribution in [3.8, 4) is 0 Å². The number of benzene rings is 2. The fourth-order valence-electron chi connectivity index (χ4n) is 2.01. The summed E-state index contributed by atoms with van der Waals surface area (Å²) in [5.74, 6) is 0.771. The maximum absolute atomic E-state index is 12.6. The van der Waals surface area contributed by atoms with Crippen LogP contribution in [0.2, 0.25) is 0 Å². The number of nitrogens with zero attached hydrogens (tertiary/aromatic N) is 1. The van der Waals surface area contributed by atoms with Gasteiger partial charge in [-0.05, 0) is 29.8 Å². The first-order valence-corrected chi connectivity index (χ1v) is 9.04. The van der Waals surface area contributed by atoms with Crippen molar-refractivity contribution in [2.75, 3.05) is 31.3 Å². The summed E-state index contributed by atoms with van der Waals surface area (Å²) >= 11 is 1.62. The molecule has 6 heteroatoms. The van der Waals surface area contributed by atoms with Crippen LogP contribution in [-0.2, 0) is 10.0 Å². The second-order valence-electron chi connectivity index (χ2n) is 4.56. The molecule has 0 radical (unpaired) electrons. The van der Waals surface area contributed by atoms with Crippen LogP contribution in [-0.4, -0.2) is 38.3 Å². The van der Waals surface area contributed by atoms with E-state index in [2.05, 4.69) is 0 Å². The van der Waals surface area contributed by atoms with E-state index in [4.69, 9.17) is 5.73 Å². The molecule has 0 aliphatic heterocycles. The molecule has 20 heavy (non-hydrogen) atoms. The first-order valence-electron chi connectivity index (χ1n) is 6.20. The van der Waals surface area contributed by atoms with Crippen molar-refractivity contribution in [1.82, 2.24) is 4.31 Å². The molecule has 0 heterocycles. The van der Waals surface area contributed by atoms with Crippen molar-refractivity contribution in [3.05, 3.63) is 36.4 Å². The van der Waals surface area contributed by atoms with Crippen LogP contribution < -0.4 is 5.73 Å². The second kappa shape index (κ2) is 6.03. The lowest BCUT2D eigenvalue weighted by molar-refractivity contribution is 0.489. The molecule has 0 atom stereocenters. The highest BCUT2D eigenvalue weighted by atomic mass is 32.2. The lowest BCUT2D eigenvalue weighted by atomic mass is 10.1. The molecule has 0 aliphatic rings. The van der Waals surface area contributed by atoms with E-state index in [0.29, 0.717) is 22.5 Å². The van der Waals surface area contributed by atoms with Gasteiger partial charge in [0, 0.05) is 30.4 Å². The minimum Gasteiger partial charge on any atom is -0.399 e. The van der Waals surface area contributed by atoms with E-state index in [1.54, 1.807) is 49.1 Å².